The van der Waals surface area contributed by atoms with Crippen LogP contribution in [-0.4, -0.2) is 63.5 Å². The number of carbonyl (C=O) groups is 1. The Morgan fingerprint density at radius 1 is 1.21 bits per heavy atom. The topological polar surface area (TPSA) is 63.0 Å². The summed E-state index contributed by atoms with van der Waals surface area (Å²) in [7, 11) is 0. The van der Waals surface area contributed by atoms with E-state index in [9.17, 15) is 9.18 Å². The zero-order valence-corrected chi connectivity index (χ0v) is 16.8. The largest absolute Gasteiger partial charge is 0.382 e. The van der Waals surface area contributed by atoms with E-state index in [1.807, 2.05) is 16.5 Å². The van der Waals surface area contributed by atoms with E-state index in [-0.39, 0.29) is 11.7 Å². The van der Waals surface area contributed by atoms with Crippen LogP contribution in [-0.2, 0) is 22.7 Å². The van der Waals surface area contributed by atoms with E-state index >= 15 is 0 Å². The van der Waals surface area contributed by atoms with Crippen LogP contribution in [0.25, 0.3) is 0 Å². The fourth-order valence-corrected chi connectivity index (χ4v) is 3.77. The van der Waals surface area contributed by atoms with Crippen molar-refractivity contribution in [1.29, 1.82) is 0 Å². The molecule has 7 nitrogen and oxygen atoms in total. The molecular formula is C21H26FN5O2. The van der Waals surface area contributed by atoms with E-state index in [0.29, 0.717) is 25.2 Å². The minimum absolute atomic E-state index is 0.0273. The average Bonchev–Trinajstić information content (AvgIpc) is 3.36. The number of piperazine rings is 1. The van der Waals surface area contributed by atoms with Crippen molar-refractivity contribution in [3.05, 3.63) is 53.1 Å². The summed E-state index contributed by atoms with van der Waals surface area (Å²) < 4.78 is 15.1. The normalized spacial score (nSPS) is 19.9. The smallest absolute Gasteiger partial charge is 0.266 e. The van der Waals surface area contributed by atoms with Gasteiger partial charge in [0, 0.05) is 57.4 Å². The molecule has 0 radical (unpaired) electrons. The van der Waals surface area contributed by atoms with Gasteiger partial charge in [0.05, 0.1) is 11.4 Å². The lowest BCUT2D eigenvalue weighted by Crippen LogP contribution is -2.51. The quantitative estimate of drug-likeness (QED) is 0.773. The van der Waals surface area contributed by atoms with Gasteiger partial charge in [0.1, 0.15) is 5.82 Å². The number of carbonyl (C=O) groups excluding carboxylic acids is 1. The Hall–Kier alpha value is -2.74. The van der Waals surface area contributed by atoms with Gasteiger partial charge in [0.25, 0.3) is 5.91 Å². The molecule has 29 heavy (non-hydrogen) atoms. The summed E-state index contributed by atoms with van der Waals surface area (Å²) >= 11 is 0. The molecule has 4 rings (SSSR count). The van der Waals surface area contributed by atoms with E-state index in [0.717, 1.165) is 37.4 Å². The number of amides is 1. The Kier molecular flexibility index (Phi) is 5.62. The maximum absolute atomic E-state index is 13.1. The maximum atomic E-state index is 13.1. The first-order valence-electron chi connectivity index (χ1n) is 10.1. The first-order valence-corrected chi connectivity index (χ1v) is 10.1. The summed E-state index contributed by atoms with van der Waals surface area (Å²) in [6.45, 7) is 8.82. The van der Waals surface area contributed by atoms with Gasteiger partial charge in [-0.25, -0.2) is 4.39 Å². The third-order valence-electron chi connectivity index (χ3n) is 5.57. The molecule has 1 amide bonds. The van der Waals surface area contributed by atoms with Gasteiger partial charge in [-0.1, -0.05) is 17.3 Å². The molecule has 0 bridgehead atoms. The number of aryl methyl sites for hydroxylation is 2. The monoisotopic (exact) mass is 399 g/mol. The second-order valence-corrected chi connectivity index (χ2v) is 7.54. The molecule has 1 unspecified atom stereocenters. The van der Waals surface area contributed by atoms with E-state index in [2.05, 4.69) is 28.3 Å². The first kappa shape index (κ1) is 19.6. The number of halogens is 1. The van der Waals surface area contributed by atoms with Crippen LogP contribution in [0.15, 0.2) is 35.6 Å². The highest BCUT2D eigenvalue weighted by Crippen LogP contribution is 2.20. The molecule has 1 aromatic carbocycles. The highest BCUT2D eigenvalue weighted by molar-refractivity contribution is 6.04. The van der Waals surface area contributed by atoms with Crippen LogP contribution in [0, 0.1) is 12.7 Å². The van der Waals surface area contributed by atoms with Gasteiger partial charge < -0.3 is 9.74 Å². The molecule has 0 saturated carbocycles. The lowest BCUT2D eigenvalue weighted by atomic mass is 10.0. The van der Waals surface area contributed by atoms with Gasteiger partial charge in [-0.2, -0.15) is 5.10 Å². The number of hydrogen-bond donors (Lipinski definition) is 0. The molecular weight excluding hydrogens is 373 g/mol. The third kappa shape index (κ3) is 4.32. The average molecular weight is 399 g/mol. The van der Waals surface area contributed by atoms with Crippen molar-refractivity contribution in [1.82, 2.24) is 19.6 Å². The van der Waals surface area contributed by atoms with Gasteiger partial charge >= 0.3 is 0 Å². The lowest BCUT2D eigenvalue weighted by Gasteiger charge is -2.35. The van der Waals surface area contributed by atoms with Gasteiger partial charge in [-0.15, -0.1) is 0 Å². The van der Waals surface area contributed by atoms with Crippen LogP contribution in [0.1, 0.15) is 30.2 Å². The lowest BCUT2D eigenvalue weighted by molar-refractivity contribution is -0.143. The summed E-state index contributed by atoms with van der Waals surface area (Å²) in [4.78, 5) is 22.4. The second-order valence-electron chi connectivity index (χ2n) is 7.54. The summed E-state index contributed by atoms with van der Waals surface area (Å²) in [5.74, 6) is -0.323. The van der Waals surface area contributed by atoms with Crippen LogP contribution in [0.4, 0.5) is 4.39 Å². The SMILES string of the molecule is CCn1cc(CN2CCN(C(=O)C3CC(c4ccc(F)cc4)=NO3)CC2)c(C)n1. The van der Waals surface area contributed by atoms with Crippen molar-refractivity contribution in [3.63, 3.8) is 0 Å². The zero-order chi connectivity index (χ0) is 20.4. The predicted molar refractivity (Wildman–Crippen MR) is 107 cm³/mol. The minimum atomic E-state index is -0.591. The Labute approximate surface area is 169 Å². The minimum Gasteiger partial charge on any atom is -0.382 e. The van der Waals surface area contributed by atoms with Crippen LogP contribution in [0.5, 0.6) is 0 Å². The van der Waals surface area contributed by atoms with Gasteiger partial charge in [-0.3, -0.25) is 14.4 Å². The second kappa shape index (κ2) is 8.32. The maximum Gasteiger partial charge on any atom is 0.266 e. The molecule has 1 fully saturated rings. The molecule has 0 N–H and O–H groups in total. The highest BCUT2D eigenvalue weighted by Gasteiger charge is 2.33. The number of nitrogens with zero attached hydrogens (tertiary/aromatic N) is 5. The summed E-state index contributed by atoms with van der Waals surface area (Å²) in [5.41, 5.74) is 3.78. The molecule has 154 valence electrons. The molecule has 0 spiro atoms. The van der Waals surface area contributed by atoms with Crippen molar-refractivity contribution >= 4 is 11.6 Å². The number of aromatic nitrogens is 2. The predicted octanol–water partition coefficient (Wildman–Crippen LogP) is 2.19. The number of oxime groups is 1. The molecule has 1 aromatic heterocycles. The number of benzene rings is 1. The fraction of sp³-hybridized carbons (Fsp3) is 0.476. The molecule has 8 heteroatoms. The first-order chi connectivity index (χ1) is 14.0. The Morgan fingerprint density at radius 2 is 1.93 bits per heavy atom. The summed E-state index contributed by atoms with van der Waals surface area (Å²) in [6, 6.07) is 6.09. The molecule has 1 atom stereocenters. The fourth-order valence-electron chi connectivity index (χ4n) is 3.77. The van der Waals surface area contributed by atoms with Gasteiger partial charge in [-0.05, 0) is 31.5 Å². The van der Waals surface area contributed by atoms with E-state index < -0.39 is 6.10 Å². The van der Waals surface area contributed by atoms with Crippen molar-refractivity contribution in [3.8, 4) is 0 Å². The van der Waals surface area contributed by atoms with Crippen LogP contribution < -0.4 is 0 Å². The highest BCUT2D eigenvalue weighted by atomic mass is 19.1. The molecule has 1 saturated heterocycles. The number of rotatable bonds is 5. The Morgan fingerprint density at radius 3 is 2.59 bits per heavy atom. The zero-order valence-electron chi connectivity index (χ0n) is 16.8. The van der Waals surface area contributed by atoms with Crippen LogP contribution >= 0.6 is 0 Å². The van der Waals surface area contributed by atoms with Crippen molar-refractivity contribution in [2.45, 2.75) is 39.5 Å². The molecule has 2 aliphatic heterocycles. The van der Waals surface area contributed by atoms with Gasteiger partial charge in [0.15, 0.2) is 0 Å². The van der Waals surface area contributed by atoms with Crippen LogP contribution in [0.3, 0.4) is 0 Å². The van der Waals surface area contributed by atoms with E-state index in [4.69, 9.17) is 4.84 Å². The Bertz CT molecular complexity index is 900. The molecule has 0 aliphatic carbocycles. The Balaban J connectivity index is 1.28. The van der Waals surface area contributed by atoms with E-state index in [1.54, 1.807) is 12.1 Å². The van der Waals surface area contributed by atoms with Crippen molar-refractivity contribution < 1.29 is 14.0 Å². The van der Waals surface area contributed by atoms with Crippen molar-refractivity contribution in [2.24, 2.45) is 5.16 Å². The molecule has 2 aromatic rings. The summed E-state index contributed by atoms with van der Waals surface area (Å²) in [6.07, 6.45) is 1.93. The molecule has 2 aliphatic rings. The standard InChI is InChI=1S/C21H26FN5O2/c1-3-27-14-17(15(2)23-27)13-25-8-10-26(11-9-25)21(28)20-12-19(24-29-20)16-4-6-18(22)7-5-16/h4-7,14,20H,3,8-13H2,1-2H3. The van der Waals surface area contributed by atoms with E-state index in [1.165, 1.54) is 17.7 Å². The van der Waals surface area contributed by atoms with Crippen molar-refractivity contribution in [2.75, 3.05) is 26.2 Å². The van der Waals surface area contributed by atoms with Gasteiger partial charge in [0.2, 0.25) is 6.10 Å². The molecule has 3 heterocycles. The third-order valence-corrected chi connectivity index (χ3v) is 5.57. The summed E-state index contributed by atoms with van der Waals surface area (Å²) in [5, 5.41) is 8.55. The number of hydrogen-bond acceptors (Lipinski definition) is 5. The van der Waals surface area contributed by atoms with Crippen LogP contribution in [0.2, 0.25) is 0 Å².